The molecule has 0 fully saturated rings. The summed E-state index contributed by atoms with van der Waals surface area (Å²) in [5.41, 5.74) is 7.14. The number of nitrogens with one attached hydrogen (secondary N) is 1. The van der Waals surface area contributed by atoms with E-state index in [9.17, 15) is 4.39 Å². The van der Waals surface area contributed by atoms with Crippen molar-refractivity contribution >= 4 is 5.69 Å². The number of hydrogen-bond acceptors (Lipinski definition) is 2. The number of anilines is 1. The van der Waals surface area contributed by atoms with E-state index in [-0.39, 0.29) is 11.9 Å². The Morgan fingerprint density at radius 3 is 2.69 bits per heavy atom. The van der Waals surface area contributed by atoms with E-state index >= 15 is 0 Å². The number of nitrogens with two attached hydrogens (primary N) is 1. The van der Waals surface area contributed by atoms with Crippen molar-refractivity contribution < 1.29 is 4.39 Å². The second-order valence-corrected chi connectivity index (χ2v) is 3.30. The lowest BCUT2D eigenvalue weighted by molar-refractivity contribution is 0.626. The van der Waals surface area contributed by atoms with E-state index in [1.807, 2.05) is 19.9 Å². The molecule has 0 aliphatic carbocycles. The molecule has 13 heavy (non-hydrogen) atoms. The van der Waals surface area contributed by atoms with Crippen LogP contribution in [0.1, 0.15) is 12.5 Å². The monoisotopic (exact) mass is 182 g/mol. The van der Waals surface area contributed by atoms with Gasteiger partial charge in [0.2, 0.25) is 0 Å². The highest BCUT2D eigenvalue weighted by Crippen LogP contribution is 2.13. The maximum absolute atomic E-state index is 12.9. The molecular formula is C10H15FN2. The lowest BCUT2D eigenvalue weighted by Gasteiger charge is -2.13. The second-order valence-electron chi connectivity index (χ2n) is 3.30. The van der Waals surface area contributed by atoms with Gasteiger partial charge in [0.1, 0.15) is 5.82 Å². The molecule has 1 aromatic carbocycles. The smallest absolute Gasteiger partial charge is 0.125 e. The lowest BCUT2D eigenvalue weighted by atomic mass is 10.2. The normalized spacial score (nSPS) is 12.6. The summed E-state index contributed by atoms with van der Waals surface area (Å²) in [6.45, 7) is 4.36. The molecule has 1 rings (SSSR count). The highest BCUT2D eigenvalue weighted by atomic mass is 19.1. The molecule has 0 saturated heterocycles. The predicted molar refractivity (Wildman–Crippen MR) is 53.3 cm³/mol. The van der Waals surface area contributed by atoms with Gasteiger partial charge in [0.25, 0.3) is 0 Å². The van der Waals surface area contributed by atoms with Gasteiger partial charge in [0, 0.05) is 18.3 Å². The first-order valence-corrected chi connectivity index (χ1v) is 4.35. The number of halogens is 1. The van der Waals surface area contributed by atoms with Gasteiger partial charge in [-0.2, -0.15) is 0 Å². The molecule has 3 N–H and O–H groups in total. The molecule has 0 aliphatic heterocycles. The third-order valence-corrected chi connectivity index (χ3v) is 1.81. The predicted octanol–water partition coefficient (Wildman–Crippen LogP) is 1.89. The lowest BCUT2D eigenvalue weighted by Crippen LogP contribution is -2.25. The Hall–Kier alpha value is -1.09. The zero-order valence-electron chi connectivity index (χ0n) is 7.97. The summed E-state index contributed by atoms with van der Waals surface area (Å²) in [7, 11) is 0. The average Bonchev–Trinajstić information content (AvgIpc) is 2.02. The number of hydrogen-bond donors (Lipinski definition) is 2. The molecule has 1 aromatic rings. The van der Waals surface area contributed by atoms with E-state index in [0.717, 1.165) is 11.3 Å². The van der Waals surface area contributed by atoms with Gasteiger partial charge in [-0.3, -0.25) is 0 Å². The summed E-state index contributed by atoms with van der Waals surface area (Å²) in [5.74, 6) is -0.216. The Morgan fingerprint density at radius 2 is 2.15 bits per heavy atom. The van der Waals surface area contributed by atoms with E-state index in [1.165, 1.54) is 12.1 Å². The molecule has 0 aromatic heterocycles. The van der Waals surface area contributed by atoms with Crippen molar-refractivity contribution in [3.63, 3.8) is 0 Å². The van der Waals surface area contributed by atoms with Crippen molar-refractivity contribution in [2.75, 3.05) is 11.9 Å². The Bertz CT molecular complexity index is 266. The zero-order chi connectivity index (χ0) is 9.84. The molecule has 0 saturated carbocycles. The quantitative estimate of drug-likeness (QED) is 0.749. The molecule has 2 nitrogen and oxygen atoms in total. The highest BCUT2D eigenvalue weighted by molar-refractivity contribution is 5.46. The number of aryl methyl sites for hydroxylation is 1. The van der Waals surface area contributed by atoms with Crippen molar-refractivity contribution in [2.45, 2.75) is 19.9 Å². The maximum Gasteiger partial charge on any atom is 0.125 e. The van der Waals surface area contributed by atoms with E-state index < -0.39 is 0 Å². The molecule has 3 heteroatoms. The van der Waals surface area contributed by atoms with Crippen LogP contribution in [-0.2, 0) is 0 Å². The van der Waals surface area contributed by atoms with Crippen molar-refractivity contribution in [3.8, 4) is 0 Å². The van der Waals surface area contributed by atoms with E-state index in [1.54, 1.807) is 0 Å². The van der Waals surface area contributed by atoms with Crippen molar-refractivity contribution in [3.05, 3.63) is 29.6 Å². The molecule has 72 valence electrons. The number of rotatable bonds is 3. The summed E-state index contributed by atoms with van der Waals surface area (Å²) in [4.78, 5) is 0. The van der Waals surface area contributed by atoms with Crippen LogP contribution in [0.4, 0.5) is 10.1 Å². The van der Waals surface area contributed by atoms with Gasteiger partial charge in [0.05, 0.1) is 0 Å². The van der Waals surface area contributed by atoms with Crippen LogP contribution >= 0.6 is 0 Å². The molecular weight excluding hydrogens is 167 g/mol. The van der Waals surface area contributed by atoms with Gasteiger partial charge in [-0.1, -0.05) is 0 Å². The highest BCUT2D eigenvalue weighted by Gasteiger charge is 2.01. The summed E-state index contributed by atoms with van der Waals surface area (Å²) in [6, 6.07) is 5.04. The van der Waals surface area contributed by atoms with Crippen LogP contribution in [0, 0.1) is 12.7 Å². The van der Waals surface area contributed by atoms with Crippen LogP contribution < -0.4 is 11.1 Å². The Balaban J connectivity index is 2.77. The fourth-order valence-corrected chi connectivity index (χ4v) is 1.16. The van der Waals surface area contributed by atoms with Crippen LogP contribution in [0.3, 0.4) is 0 Å². The van der Waals surface area contributed by atoms with Gasteiger partial charge in [0.15, 0.2) is 0 Å². The topological polar surface area (TPSA) is 38.0 Å². The summed E-state index contributed by atoms with van der Waals surface area (Å²) < 4.78 is 12.9. The summed E-state index contributed by atoms with van der Waals surface area (Å²) in [5, 5.41) is 3.11. The first-order valence-electron chi connectivity index (χ1n) is 4.35. The Labute approximate surface area is 77.9 Å². The fourth-order valence-electron chi connectivity index (χ4n) is 1.16. The second kappa shape index (κ2) is 4.23. The summed E-state index contributed by atoms with van der Waals surface area (Å²) in [6.07, 6.45) is 0. The molecule has 1 unspecified atom stereocenters. The molecule has 0 amide bonds. The first kappa shape index (κ1) is 9.99. The molecule has 0 radical (unpaired) electrons. The SMILES string of the molecule is Cc1cc(F)cc(NC(C)CN)c1. The van der Waals surface area contributed by atoms with Crippen LogP contribution in [0.25, 0.3) is 0 Å². The minimum absolute atomic E-state index is 0.168. The largest absolute Gasteiger partial charge is 0.381 e. The van der Waals surface area contributed by atoms with Crippen LogP contribution in [0.2, 0.25) is 0 Å². The zero-order valence-corrected chi connectivity index (χ0v) is 7.97. The van der Waals surface area contributed by atoms with Crippen molar-refractivity contribution in [1.82, 2.24) is 0 Å². The molecule has 0 aliphatic rings. The fraction of sp³-hybridized carbons (Fsp3) is 0.400. The van der Waals surface area contributed by atoms with Gasteiger partial charge in [-0.25, -0.2) is 4.39 Å². The van der Waals surface area contributed by atoms with Crippen molar-refractivity contribution in [1.29, 1.82) is 0 Å². The van der Waals surface area contributed by atoms with Gasteiger partial charge in [-0.15, -0.1) is 0 Å². The van der Waals surface area contributed by atoms with Crippen LogP contribution in [0.15, 0.2) is 18.2 Å². The average molecular weight is 182 g/mol. The van der Waals surface area contributed by atoms with Crippen molar-refractivity contribution in [2.24, 2.45) is 5.73 Å². The van der Waals surface area contributed by atoms with Gasteiger partial charge >= 0.3 is 0 Å². The Kier molecular flexibility index (Phi) is 3.25. The summed E-state index contributed by atoms with van der Waals surface area (Å²) >= 11 is 0. The third kappa shape index (κ3) is 3.03. The van der Waals surface area contributed by atoms with Crippen LogP contribution in [-0.4, -0.2) is 12.6 Å². The Morgan fingerprint density at radius 1 is 1.46 bits per heavy atom. The van der Waals surface area contributed by atoms with Crippen LogP contribution in [0.5, 0.6) is 0 Å². The molecule has 0 heterocycles. The van der Waals surface area contributed by atoms with E-state index in [2.05, 4.69) is 5.32 Å². The molecule has 1 atom stereocenters. The van der Waals surface area contributed by atoms with E-state index in [0.29, 0.717) is 6.54 Å². The van der Waals surface area contributed by atoms with E-state index in [4.69, 9.17) is 5.73 Å². The maximum atomic E-state index is 12.9. The van der Waals surface area contributed by atoms with Gasteiger partial charge < -0.3 is 11.1 Å². The third-order valence-electron chi connectivity index (χ3n) is 1.81. The van der Waals surface area contributed by atoms with Gasteiger partial charge in [-0.05, 0) is 37.6 Å². The molecule has 0 spiro atoms. The number of benzene rings is 1. The minimum Gasteiger partial charge on any atom is -0.381 e. The first-order chi connectivity index (χ1) is 6.11. The minimum atomic E-state index is -0.216. The standard InChI is InChI=1S/C10H15FN2/c1-7-3-9(11)5-10(4-7)13-8(2)6-12/h3-5,8,13H,6,12H2,1-2H3. The molecule has 0 bridgehead atoms.